The molecule has 4 N–H and O–H groups in total. The van der Waals surface area contributed by atoms with Crippen molar-refractivity contribution >= 4 is 18.1 Å². The van der Waals surface area contributed by atoms with Crippen LogP contribution < -0.4 is 16.2 Å². The minimum Gasteiger partial charge on any atom is -0.483 e. The van der Waals surface area contributed by atoms with E-state index in [4.69, 9.17) is 16.2 Å². The van der Waals surface area contributed by atoms with Gasteiger partial charge in [0.25, 0.3) is 5.91 Å². The molecule has 0 spiro atoms. The SMILES string of the molecule is C=Cc1ccc(OCC(N)=O)c(CN)c1/C=C\C. The molecule has 0 saturated carbocycles. The van der Waals surface area contributed by atoms with E-state index < -0.39 is 5.91 Å². The van der Waals surface area contributed by atoms with Crippen LogP contribution in [0.4, 0.5) is 0 Å². The summed E-state index contributed by atoms with van der Waals surface area (Å²) in [4.78, 5) is 10.7. The van der Waals surface area contributed by atoms with Gasteiger partial charge in [0.05, 0.1) is 0 Å². The summed E-state index contributed by atoms with van der Waals surface area (Å²) in [5.74, 6) is 0.0633. The first-order valence-corrected chi connectivity index (χ1v) is 5.66. The van der Waals surface area contributed by atoms with Crippen LogP contribution in [-0.2, 0) is 11.3 Å². The van der Waals surface area contributed by atoms with E-state index in [0.29, 0.717) is 12.3 Å². The molecule has 0 fully saturated rings. The van der Waals surface area contributed by atoms with Gasteiger partial charge in [-0.05, 0) is 24.1 Å². The smallest absolute Gasteiger partial charge is 0.255 e. The van der Waals surface area contributed by atoms with Crippen molar-refractivity contribution in [3.8, 4) is 5.75 Å². The first kappa shape index (κ1) is 14.0. The maximum absolute atomic E-state index is 10.7. The zero-order valence-electron chi connectivity index (χ0n) is 10.5. The molecule has 0 bridgehead atoms. The number of carbonyl (C=O) groups excluding carboxylic acids is 1. The molecule has 0 aliphatic rings. The van der Waals surface area contributed by atoms with Gasteiger partial charge in [-0.15, -0.1) is 0 Å². The zero-order chi connectivity index (χ0) is 13.5. The van der Waals surface area contributed by atoms with Gasteiger partial charge in [0.1, 0.15) is 5.75 Å². The molecule has 0 saturated heterocycles. The number of rotatable bonds is 6. The summed E-state index contributed by atoms with van der Waals surface area (Å²) in [5.41, 5.74) is 13.6. The predicted octanol–water partition coefficient (Wildman–Crippen LogP) is 1.69. The highest BCUT2D eigenvalue weighted by Crippen LogP contribution is 2.27. The lowest BCUT2D eigenvalue weighted by atomic mass is 9.99. The monoisotopic (exact) mass is 246 g/mol. The summed E-state index contributed by atoms with van der Waals surface area (Å²) in [6.07, 6.45) is 5.61. The molecular formula is C14H18N2O2. The van der Waals surface area contributed by atoms with Gasteiger partial charge in [0.2, 0.25) is 0 Å². The molecule has 4 heteroatoms. The molecule has 96 valence electrons. The number of hydrogen-bond acceptors (Lipinski definition) is 3. The lowest BCUT2D eigenvalue weighted by Gasteiger charge is -2.14. The maximum Gasteiger partial charge on any atom is 0.255 e. The Bertz CT molecular complexity index is 479. The third kappa shape index (κ3) is 3.21. The van der Waals surface area contributed by atoms with E-state index in [9.17, 15) is 4.79 Å². The first-order valence-electron chi connectivity index (χ1n) is 5.66. The van der Waals surface area contributed by atoms with Crippen LogP contribution in [0.25, 0.3) is 12.2 Å². The Kier molecular flexibility index (Phi) is 5.14. The van der Waals surface area contributed by atoms with Crippen molar-refractivity contribution in [3.05, 3.63) is 41.5 Å². The van der Waals surface area contributed by atoms with E-state index in [1.165, 1.54) is 0 Å². The Labute approximate surface area is 107 Å². The highest BCUT2D eigenvalue weighted by Gasteiger charge is 2.10. The molecule has 1 aromatic rings. The van der Waals surface area contributed by atoms with Crippen molar-refractivity contribution < 1.29 is 9.53 Å². The van der Waals surface area contributed by atoms with Crippen LogP contribution in [0.1, 0.15) is 23.6 Å². The summed E-state index contributed by atoms with van der Waals surface area (Å²) in [5, 5.41) is 0. The van der Waals surface area contributed by atoms with Gasteiger partial charge < -0.3 is 16.2 Å². The minimum absolute atomic E-state index is 0.157. The van der Waals surface area contributed by atoms with Crippen molar-refractivity contribution in [2.75, 3.05) is 6.61 Å². The summed E-state index contributed by atoms with van der Waals surface area (Å²) >= 11 is 0. The zero-order valence-corrected chi connectivity index (χ0v) is 10.5. The second kappa shape index (κ2) is 6.61. The van der Waals surface area contributed by atoms with E-state index >= 15 is 0 Å². The quantitative estimate of drug-likeness (QED) is 0.801. The van der Waals surface area contributed by atoms with Crippen molar-refractivity contribution in [2.45, 2.75) is 13.5 Å². The van der Waals surface area contributed by atoms with Gasteiger partial charge >= 0.3 is 0 Å². The summed E-state index contributed by atoms with van der Waals surface area (Å²) in [6.45, 7) is 5.84. The fourth-order valence-electron chi connectivity index (χ4n) is 1.70. The highest BCUT2D eigenvalue weighted by molar-refractivity contribution is 5.76. The first-order chi connectivity index (χ1) is 8.63. The molecule has 18 heavy (non-hydrogen) atoms. The number of hydrogen-bond donors (Lipinski definition) is 2. The molecule has 0 radical (unpaired) electrons. The number of allylic oxidation sites excluding steroid dienone is 1. The Hall–Kier alpha value is -2.07. The van der Waals surface area contributed by atoms with Crippen molar-refractivity contribution in [2.24, 2.45) is 11.5 Å². The van der Waals surface area contributed by atoms with Crippen LogP contribution >= 0.6 is 0 Å². The Balaban J connectivity index is 3.23. The molecule has 0 atom stereocenters. The molecule has 1 rings (SSSR count). The van der Waals surface area contributed by atoms with Crippen LogP contribution in [0.2, 0.25) is 0 Å². The number of nitrogens with two attached hydrogens (primary N) is 2. The second-order valence-electron chi connectivity index (χ2n) is 3.71. The number of primary amides is 1. The van der Waals surface area contributed by atoms with Crippen molar-refractivity contribution in [1.82, 2.24) is 0 Å². The van der Waals surface area contributed by atoms with Crippen molar-refractivity contribution in [1.29, 1.82) is 0 Å². The van der Waals surface area contributed by atoms with Gasteiger partial charge in [0, 0.05) is 12.1 Å². The molecule has 4 nitrogen and oxygen atoms in total. The number of amides is 1. The standard InChI is InChI=1S/C14H18N2O2/c1-3-5-11-10(4-2)6-7-13(12(11)8-15)18-9-14(16)17/h3-7H,2,8-9,15H2,1H3,(H2,16,17)/b5-3-. The predicted molar refractivity (Wildman–Crippen MR) is 73.8 cm³/mol. The Morgan fingerprint density at radius 1 is 1.50 bits per heavy atom. The third-order valence-electron chi connectivity index (χ3n) is 2.48. The Morgan fingerprint density at radius 2 is 2.22 bits per heavy atom. The van der Waals surface area contributed by atoms with E-state index in [1.807, 2.05) is 25.1 Å². The highest BCUT2D eigenvalue weighted by atomic mass is 16.5. The van der Waals surface area contributed by atoms with Crippen LogP contribution in [0.3, 0.4) is 0 Å². The largest absolute Gasteiger partial charge is 0.483 e. The van der Waals surface area contributed by atoms with Gasteiger partial charge in [-0.3, -0.25) is 4.79 Å². The molecule has 0 aliphatic heterocycles. The fourth-order valence-corrected chi connectivity index (χ4v) is 1.70. The summed E-state index contributed by atoms with van der Waals surface area (Å²) in [7, 11) is 0. The van der Waals surface area contributed by atoms with E-state index in [-0.39, 0.29) is 6.61 Å². The minimum atomic E-state index is -0.515. The summed E-state index contributed by atoms with van der Waals surface area (Å²) in [6, 6.07) is 3.65. The lowest BCUT2D eigenvalue weighted by Crippen LogP contribution is -2.21. The van der Waals surface area contributed by atoms with E-state index in [0.717, 1.165) is 16.7 Å². The number of carbonyl (C=O) groups is 1. The normalized spacial score (nSPS) is 10.6. The maximum atomic E-state index is 10.7. The average molecular weight is 246 g/mol. The molecule has 1 amide bonds. The second-order valence-corrected chi connectivity index (χ2v) is 3.71. The fraction of sp³-hybridized carbons (Fsp3) is 0.214. The van der Waals surface area contributed by atoms with Crippen LogP contribution in [-0.4, -0.2) is 12.5 Å². The molecule has 0 aromatic heterocycles. The number of ether oxygens (including phenoxy) is 1. The molecular weight excluding hydrogens is 228 g/mol. The van der Waals surface area contributed by atoms with Gasteiger partial charge in [-0.25, -0.2) is 0 Å². The molecule has 0 heterocycles. The van der Waals surface area contributed by atoms with E-state index in [1.54, 1.807) is 12.1 Å². The third-order valence-corrected chi connectivity index (χ3v) is 2.48. The van der Waals surface area contributed by atoms with Gasteiger partial charge in [0.15, 0.2) is 6.61 Å². The topological polar surface area (TPSA) is 78.3 Å². The summed E-state index contributed by atoms with van der Waals surface area (Å²) < 4.78 is 5.35. The molecule has 1 aromatic carbocycles. The lowest BCUT2D eigenvalue weighted by molar-refractivity contribution is -0.119. The molecule has 0 unspecified atom stereocenters. The van der Waals surface area contributed by atoms with E-state index in [2.05, 4.69) is 6.58 Å². The average Bonchev–Trinajstić information content (AvgIpc) is 2.36. The van der Waals surface area contributed by atoms with Gasteiger partial charge in [-0.1, -0.05) is 30.9 Å². The Morgan fingerprint density at radius 3 is 2.72 bits per heavy atom. The molecule has 0 aliphatic carbocycles. The van der Waals surface area contributed by atoms with Crippen LogP contribution in [0.15, 0.2) is 24.8 Å². The number of benzene rings is 1. The van der Waals surface area contributed by atoms with Crippen molar-refractivity contribution in [3.63, 3.8) is 0 Å². The van der Waals surface area contributed by atoms with Gasteiger partial charge in [-0.2, -0.15) is 0 Å². The van der Waals surface area contributed by atoms with Crippen LogP contribution in [0, 0.1) is 0 Å². The van der Waals surface area contributed by atoms with Crippen LogP contribution in [0.5, 0.6) is 5.75 Å².